The summed E-state index contributed by atoms with van der Waals surface area (Å²) in [6.07, 6.45) is 3.82. The Morgan fingerprint density at radius 2 is 1.85 bits per heavy atom. The highest BCUT2D eigenvalue weighted by atomic mass is 35.5. The SMILES string of the molecule is C=CCc1cc(/C=C(/C#N)C(=O)Nc2cccc(Cl)c2Cl)ccc1OCc1ccc(Cl)cc1. The topological polar surface area (TPSA) is 62.1 Å². The minimum Gasteiger partial charge on any atom is -0.489 e. The highest BCUT2D eigenvalue weighted by molar-refractivity contribution is 6.44. The maximum Gasteiger partial charge on any atom is 0.266 e. The van der Waals surface area contributed by atoms with E-state index in [9.17, 15) is 10.1 Å². The molecule has 0 aliphatic heterocycles. The molecule has 3 aromatic carbocycles. The van der Waals surface area contributed by atoms with Crippen molar-refractivity contribution in [3.8, 4) is 11.8 Å². The lowest BCUT2D eigenvalue weighted by molar-refractivity contribution is -0.112. The fourth-order valence-electron chi connectivity index (χ4n) is 2.99. The molecule has 0 saturated heterocycles. The van der Waals surface area contributed by atoms with Gasteiger partial charge in [0.1, 0.15) is 24.0 Å². The van der Waals surface area contributed by atoms with Crippen LogP contribution in [0.3, 0.4) is 0 Å². The Labute approximate surface area is 207 Å². The molecule has 0 aliphatic rings. The van der Waals surface area contributed by atoms with Crippen LogP contribution in [-0.4, -0.2) is 5.91 Å². The van der Waals surface area contributed by atoms with Crippen molar-refractivity contribution in [2.45, 2.75) is 13.0 Å². The van der Waals surface area contributed by atoms with Gasteiger partial charge >= 0.3 is 0 Å². The van der Waals surface area contributed by atoms with Crippen molar-refractivity contribution < 1.29 is 9.53 Å². The van der Waals surface area contributed by atoms with E-state index in [1.807, 2.05) is 36.4 Å². The maximum absolute atomic E-state index is 12.6. The van der Waals surface area contributed by atoms with Gasteiger partial charge in [-0.1, -0.05) is 65.1 Å². The van der Waals surface area contributed by atoms with Crippen molar-refractivity contribution in [2.75, 3.05) is 5.32 Å². The summed E-state index contributed by atoms with van der Waals surface area (Å²) in [5, 5.41) is 13.3. The summed E-state index contributed by atoms with van der Waals surface area (Å²) in [6, 6.07) is 19.7. The molecule has 0 saturated carbocycles. The van der Waals surface area contributed by atoms with Crippen LogP contribution in [0.2, 0.25) is 15.1 Å². The van der Waals surface area contributed by atoms with Crippen LogP contribution in [0, 0.1) is 11.3 Å². The van der Waals surface area contributed by atoms with E-state index >= 15 is 0 Å². The van der Waals surface area contributed by atoms with Crippen molar-refractivity contribution in [3.63, 3.8) is 0 Å². The third kappa shape index (κ3) is 6.63. The number of carbonyl (C=O) groups excluding carboxylic acids is 1. The van der Waals surface area contributed by atoms with Crippen molar-refractivity contribution in [1.29, 1.82) is 5.26 Å². The average molecular weight is 498 g/mol. The van der Waals surface area contributed by atoms with Crippen molar-refractivity contribution in [1.82, 2.24) is 0 Å². The monoisotopic (exact) mass is 496 g/mol. The fourth-order valence-corrected chi connectivity index (χ4v) is 3.47. The predicted molar refractivity (Wildman–Crippen MR) is 135 cm³/mol. The molecule has 0 aliphatic carbocycles. The second-order valence-corrected chi connectivity index (χ2v) is 8.22. The Kier molecular flexibility index (Phi) is 8.57. The summed E-state index contributed by atoms with van der Waals surface area (Å²) in [6.45, 7) is 4.17. The van der Waals surface area contributed by atoms with Gasteiger partial charge in [0.2, 0.25) is 0 Å². The molecule has 3 rings (SSSR count). The van der Waals surface area contributed by atoms with Gasteiger partial charge in [0.25, 0.3) is 5.91 Å². The molecule has 1 amide bonds. The molecular weight excluding hydrogens is 479 g/mol. The third-order valence-electron chi connectivity index (χ3n) is 4.63. The Bertz CT molecular complexity index is 1250. The molecule has 0 aromatic heterocycles. The van der Waals surface area contributed by atoms with Gasteiger partial charge < -0.3 is 10.1 Å². The number of amides is 1. The quantitative estimate of drug-likeness (QED) is 0.199. The van der Waals surface area contributed by atoms with Crippen LogP contribution < -0.4 is 10.1 Å². The van der Waals surface area contributed by atoms with Crippen molar-refractivity contribution >= 4 is 52.5 Å². The zero-order chi connectivity index (χ0) is 23.8. The summed E-state index contributed by atoms with van der Waals surface area (Å²) < 4.78 is 5.97. The molecule has 1 N–H and O–H groups in total. The lowest BCUT2D eigenvalue weighted by atomic mass is 10.0. The number of rotatable bonds is 8. The number of nitrogens with zero attached hydrogens (tertiary/aromatic N) is 1. The van der Waals surface area contributed by atoms with Gasteiger partial charge in [0.05, 0.1) is 15.7 Å². The first kappa shape index (κ1) is 24.4. The number of nitriles is 1. The summed E-state index contributed by atoms with van der Waals surface area (Å²) in [5.74, 6) is 0.102. The van der Waals surface area contributed by atoms with E-state index in [0.717, 1.165) is 11.1 Å². The molecule has 4 nitrogen and oxygen atoms in total. The van der Waals surface area contributed by atoms with Crippen LogP contribution in [0.4, 0.5) is 5.69 Å². The van der Waals surface area contributed by atoms with E-state index in [1.165, 1.54) is 6.08 Å². The van der Waals surface area contributed by atoms with E-state index in [4.69, 9.17) is 39.5 Å². The van der Waals surface area contributed by atoms with Crippen LogP contribution in [0.15, 0.2) is 78.9 Å². The number of hydrogen-bond acceptors (Lipinski definition) is 3. The highest BCUT2D eigenvalue weighted by Gasteiger charge is 2.13. The smallest absolute Gasteiger partial charge is 0.266 e. The first-order valence-corrected chi connectivity index (χ1v) is 11.0. The van der Waals surface area contributed by atoms with Crippen molar-refractivity contribution in [2.24, 2.45) is 0 Å². The average Bonchev–Trinajstić information content (AvgIpc) is 2.81. The Balaban J connectivity index is 1.80. The molecule has 166 valence electrons. The Hall–Kier alpha value is -3.23. The lowest BCUT2D eigenvalue weighted by Gasteiger charge is -2.12. The highest BCUT2D eigenvalue weighted by Crippen LogP contribution is 2.30. The van der Waals surface area contributed by atoms with E-state index in [1.54, 1.807) is 36.4 Å². The Morgan fingerprint density at radius 1 is 1.09 bits per heavy atom. The molecule has 0 unspecified atom stereocenters. The van der Waals surface area contributed by atoms with Crippen LogP contribution in [-0.2, 0) is 17.8 Å². The van der Waals surface area contributed by atoms with Crippen LogP contribution in [0.25, 0.3) is 6.08 Å². The van der Waals surface area contributed by atoms with Crippen molar-refractivity contribution in [3.05, 3.63) is 111 Å². The standard InChI is InChI=1S/C26H19Cl3N2O2/c1-2-4-19-13-18(9-12-24(19)33-16-17-7-10-21(27)11-8-17)14-20(15-30)26(32)31-23-6-3-5-22(28)25(23)29/h2-3,5-14H,1,4,16H2,(H,31,32)/b20-14-. The molecule has 0 spiro atoms. The van der Waals surface area contributed by atoms with Crippen LogP contribution in [0.1, 0.15) is 16.7 Å². The normalized spacial score (nSPS) is 10.9. The van der Waals surface area contributed by atoms with Gasteiger partial charge in [-0.3, -0.25) is 4.79 Å². The number of hydrogen-bond donors (Lipinski definition) is 1. The van der Waals surface area contributed by atoms with Gasteiger partial charge in [-0.15, -0.1) is 6.58 Å². The first-order valence-electron chi connectivity index (χ1n) is 9.89. The maximum atomic E-state index is 12.6. The molecule has 3 aromatic rings. The number of benzene rings is 3. The number of halogens is 3. The summed E-state index contributed by atoms with van der Waals surface area (Å²) in [7, 11) is 0. The zero-order valence-electron chi connectivity index (χ0n) is 17.4. The second-order valence-electron chi connectivity index (χ2n) is 7.00. The molecule has 0 atom stereocenters. The van der Waals surface area contributed by atoms with E-state index < -0.39 is 5.91 Å². The van der Waals surface area contributed by atoms with E-state index in [0.29, 0.717) is 40.1 Å². The number of allylic oxidation sites excluding steroid dienone is 1. The zero-order valence-corrected chi connectivity index (χ0v) is 19.7. The number of anilines is 1. The number of nitrogens with one attached hydrogen (secondary N) is 1. The molecule has 0 fully saturated rings. The molecule has 33 heavy (non-hydrogen) atoms. The molecule has 0 bridgehead atoms. The first-order chi connectivity index (χ1) is 15.9. The van der Waals surface area contributed by atoms with Gasteiger partial charge in [0.15, 0.2) is 0 Å². The van der Waals surface area contributed by atoms with Gasteiger partial charge in [-0.25, -0.2) is 0 Å². The van der Waals surface area contributed by atoms with Gasteiger partial charge in [-0.2, -0.15) is 5.26 Å². The third-order valence-corrected chi connectivity index (χ3v) is 5.70. The number of carbonyl (C=O) groups is 1. The Morgan fingerprint density at radius 3 is 2.55 bits per heavy atom. The van der Waals surface area contributed by atoms with E-state index in [2.05, 4.69) is 11.9 Å². The van der Waals surface area contributed by atoms with Gasteiger partial charge in [-0.05, 0) is 65.6 Å². The summed E-state index contributed by atoms with van der Waals surface area (Å²) in [4.78, 5) is 12.6. The summed E-state index contributed by atoms with van der Waals surface area (Å²) in [5.41, 5.74) is 2.79. The van der Waals surface area contributed by atoms with Gasteiger partial charge in [0, 0.05) is 5.02 Å². The van der Waals surface area contributed by atoms with Crippen LogP contribution in [0.5, 0.6) is 5.75 Å². The number of ether oxygens (including phenoxy) is 1. The largest absolute Gasteiger partial charge is 0.489 e. The second kappa shape index (κ2) is 11.6. The van der Waals surface area contributed by atoms with E-state index in [-0.39, 0.29) is 10.6 Å². The lowest BCUT2D eigenvalue weighted by Crippen LogP contribution is -2.13. The molecule has 7 heteroatoms. The summed E-state index contributed by atoms with van der Waals surface area (Å²) >= 11 is 18.0. The minimum atomic E-state index is -0.588. The van der Waals surface area contributed by atoms with Crippen LogP contribution >= 0.6 is 34.8 Å². The predicted octanol–water partition coefficient (Wildman–Crippen LogP) is 7.50. The molecular formula is C26H19Cl3N2O2. The fraction of sp³-hybridized carbons (Fsp3) is 0.0769. The molecule has 0 heterocycles. The minimum absolute atomic E-state index is 0.0783. The molecule has 0 radical (unpaired) electrons.